The fraction of sp³-hybridized carbons (Fsp3) is 0.393. The van der Waals surface area contributed by atoms with E-state index in [4.69, 9.17) is 14.5 Å². The molecule has 0 unspecified atom stereocenters. The van der Waals surface area contributed by atoms with Gasteiger partial charge in [0.05, 0.1) is 30.2 Å². The molecule has 0 aliphatic heterocycles. The van der Waals surface area contributed by atoms with E-state index in [1.165, 1.54) is 11.3 Å². The second kappa shape index (κ2) is 12.0. The molecule has 0 N–H and O–H groups in total. The molecule has 2 heterocycles. The number of fused-ring (bicyclic) bond motifs is 1. The fourth-order valence-electron chi connectivity index (χ4n) is 4.07. The van der Waals surface area contributed by atoms with Crippen LogP contribution in [0.4, 0.5) is 5.13 Å². The summed E-state index contributed by atoms with van der Waals surface area (Å²) < 4.78 is 14.5. The van der Waals surface area contributed by atoms with Gasteiger partial charge in [-0.15, -0.1) is 0 Å². The highest BCUT2D eigenvalue weighted by atomic mass is 32.1. The molecule has 0 radical (unpaired) electrons. The van der Waals surface area contributed by atoms with Crippen molar-refractivity contribution in [1.29, 1.82) is 0 Å². The summed E-state index contributed by atoms with van der Waals surface area (Å²) in [6.07, 6.45) is 3.33. The number of ether oxygens (including phenoxy) is 2. The molecule has 0 atom stereocenters. The van der Waals surface area contributed by atoms with Crippen LogP contribution in [0.2, 0.25) is 0 Å². The van der Waals surface area contributed by atoms with Crippen LogP contribution in [0.1, 0.15) is 54.9 Å². The Bertz CT molecular complexity index is 1300. The molecule has 0 aliphatic rings. The Morgan fingerprint density at radius 2 is 1.86 bits per heavy atom. The number of benzene rings is 2. The van der Waals surface area contributed by atoms with Crippen LogP contribution in [0.5, 0.6) is 11.5 Å². The summed E-state index contributed by atoms with van der Waals surface area (Å²) in [7, 11) is 0. The molecule has 8 heteroatoms. The smallest absolute Gasteiger partial charge is 0.260 e. The maximum atomic E-state index is 13.7. The molecule has 2 aromatic heterocycles. The molecule has 0 saturated carbocycles. The monoisotopic (exact) mass is 506 g/mol. The maximum Gasteiger partial charge on any atom is 0.260 e. The van der Waals surface area contributed by atoms with Crippen LogP contribution < -0.4 is 14.4 Å². The predicted octanol–water partition coefficient (Wildman–Crippen LogP) is 6.42. The third-order valence-electron chi connectivity index (χ3n) is 5.90. The topological polar surface area (TPSA) is 69.5 Å². The summed E-state index contributed by atoms with van der Waals surface area (Å²) in [6, 6.07) is 15.3. The van der Waals surface area contributed by atoms with E-state index in [-0.39, 0.29) is 5.91 Å². The number of hydrogen-bond donors (Lipinski definition) is 0. The minimum absolute atomic E-state index is 0.105. The molecule has 0 saturated heterocycles. The minimum Gasteiger partial charge on any atom is -0.494 e. The lowest BCUT2D eigenvalue weighted by atomic mass is 10.2. The van der Waals surface area contributed by atoms with Gasteiger partial charge in [0.25, 0.3) is 5.91 Å². The summed E-state index contributed by atoms with van der Waals surface area (Å²) in [6.45, 7) is 10.4. The lowest BCUT2D eigenvalue weighted by Crippen LogP contribution is -2.34. The number of aryl methyl sites for hydroxylation is 2. The highest BCUT2D eigenvalue weighted by Crippen LogP contribution is 2.35. The van der Waals surface area contributed by atoms with Gasteiger partial charge in [-0.1, -0.05) is 37.2 Å². The van der Waals surface area contributed by atoms with E-state index < -0.39 is 0 Å². The van der Waals surface area contributed by atoms with Crippen LogP contribution in [0.15, 0.2) is 48.5 Å². The average molecular weight is 507 g/mol. The fourth-order valence-corrected chi connectivity index (χ4v) is 5.08. The zero-order valence-corrected chi connectivity index (χ0v) is 22.3. The number of hydrogen-bond acceptors (Lipinski definition) is 6. The number of thiazole rings is 1. The summed E-state index contributed by atoms with van der Waals surface area (Å²) in [5, 5.41) is 5.21. The van der Waals surface area contributed by atoms with Gasteiger partial charge in [0.1, 0.15) is 17.0 Å². The lowest BCUT2D eigenvalue weighted by Gasteiger charge is -2.20. The Labute approximate surface area is 216 Å². The van der Waals surface area contributed by atoms with E-state index in [0.717, 1.165) is 52.4 Å². The van der Waals surface area contributed by atoms with Crippen LogP contribution in [-0.2, 0) is 6.54 Å². The van der Waals surface area contributed by atoms with E-state index >= 15 is 0 Å². The molecular weight excluding hydrogens is 472 g/mol. The van der Waals surface area contributed by atoms with Crippen molar-refractivity contribution in [3.63, 3.8) is 0 Å². The molecule has 0 fully saturated rings. The van der Waals surface area contributed by atoms with Gasteiger partial charge in [-0.2, -0.15) is 5.10 Å². The van der Waals surface area contributed by atoms with Crippen molar-refractivity contribution in [2.45, 2.75) is 53.5 Å². The van der Waals surface area contributed by atoms with Crippen LogP contribution in [-0.4, -0.2) is 40.4 Å². The number of carbonyl (C=O) groups is 1. The van der Waals surface area contributed by atoms with Crippen molar-refractivity contribution in [3.05, 3.63) is 65.5 Å². The van der Waals surface area contributed by atoms with Crippen molar-refractivity contribution < 1.29 is 14.3 Å². The number of aromatic nitrogens is 3. The first-order valence-corrected chi connectivity index (χ1v) is 13.4. The van der Waals surface area contributed by atoms with Gasteiger partial charge in [0.2, 0.25) is 0 Å². The number of nitrogens with zero attached hydrogens (tertiary/aromatic N) is 4. The van der Waals surface area contributed by atoms with E-state index in [1.54, 1.807) is 4.90 Å². The van der Waals surface area contributed by atoms with Crippen molar-refractivity contribution in [2.24, 2.45) is 0 Å². The largest absolute Gasteiger partial charge is 0.494 e. The number of anilines is 1. The van der Waals surface area contributed by atoms with Crippen molar-refractivity contribution in [3.8, 4) is 11.5 Å². The number of rotatable bonds is 12. The molecule has 1 amide bonds. The van der Waals surface area contributed by atoms with Gasteiger partial charge in [0.15, 0.2) is 5.13 Å². The molecular formula is C28H34N4O3S. The predicted molar refractivity (Wildman–Crippen MR) is 146 cm³/mol. The third kappa shape index (κ3) is 6.05. The Balaban J connectivity index is 1.60. The Morgan fingerprint density at radius 3 is 2.56 bits per heavy atom. The normalized spacial score (nSPS) is 11.1. The molecule has 0 spiro atoms. The summed E-state index contributed by atoms with van der Waals surface area (Å²) >= 11 is 1.49. The van der Waals surface area contributed by atoms with Crippen molar-refractivity contribution in [1.82, 2.24) is 14.8 Å². The molecule has 7 nitrogen and oxygen atoms in total. The van der Waals surface area contributed by atoms with Gasteiger partial charge in [-0.05, 0) is 69.7 Å². The molecule has 0 bridgehead atoms. The molecule has 190 valence electrons. The Kier molecular flexibility index (Phi) is 8.59. The molecule has 2 aromatic carbocycles. The lowest BCUT2D eigenvalue weighted by molar-refractivity contribution is 0.0985. The summed E-state index contributed by atoms with van der Waals surface area (Å²) in [5.74, 6) is 1.40. The van der Waals surface area contributed by atoms with Gasteiger partial charge < -0.3 is 9.47 Å². The average Bonchev–Trinajstić information content (AvgIpc) is 3.45. The zero-order chi connectivity index (χ0) is 25.5. The molecule has 4 rings (SSSR count). The quantitative estimate of drug-likeness (QED) is 0.207. The second-order valence-electron chi connectivity index (χ2n) is 8.72. The Morgan fingerprint density at radius 1 is 1.06 bits per heavy atom. The van der Waals surface area contributed by atoms with E-state index in [2.05, 4.69) is 12.0 Å². The maximum absolute atomic E-state index is 13.7. The van der Waals surface area contributed by atoms with E-state index in [9.17, 15) is 4.79 Å². The molecule has 4 aromatic rings. The second-order valence-corrected chi connectivity index (χ2v) is 9.73. The van der Waals surface area contributed by atoms with Crippen LogP contribution in [0, 0.1) is 13.8 Å². The van der Waals surface area contributed by atoms with Crippen LogP contribution in [0.3, 0.4) is 0 Å². The summed E-state index contributed by atoms with van der Waals surface area (Å²) in [4.78, 5) is 20.3. The highest BCUT2D eigenvalue weighted by molar-refractivity contribution is 7.22. The number of para-hydroxylation sites is 1. The summed E-state index contributed by atoms with van der Waals surface area (Å²) in [5.41, 5.74) is 3.39. The first-order chi connectivity index (χ1) is 17.5. The van der Waals surface area contributed by atoms with Gasteiger partial charge >= 0.3 is 0 Å². The van der Waals surface area contributed by atoms with Crippen molar-refractivity contribution in [2.75, 3.05) is 24.7 Å². The zero-order valence-electron chi connectivity index (χ0n) is 21.5. The van der Waals surface area contributed by atoms with Crippen molar-refractivity contribution >= 4 is 32.6 Å². The van der Waals surface area contributed by atoms with Crippen LogP contribution >= 0.6 is 11.3 Å². The number of unbranched alkanes of at least 4 members (excludes halogenated alkanes) is 2. The SMILES string of the molecule is CCCCCOc1ccc(C(=O)N(CCn2nc(C)cc2C)c2nc3c(OCC)cccc3s2)cc1. The van der Waals surface area contributed by atoms with E-state index in [1.807, 2.05) is 74.0 Å². The number of carbonyl (C=O) groups excluding carboxylic acids is 1. The first-order valence-electron chi connectivity index (χ1n) is 12.6. The van der Waals surface area contributed by atoms with Crippen LogP contribution in [0.25, 0.3) is 10.2 Å². The van der Waals surface area contributed by atoms with E-state index in [0.29, 0.717) is 37.0 Å². The molecule has 0 aliphatic carbocycles. The highest BCUT2D eigenvalue weighted by Gasteiger charge is 2.23. The standard InChI is InChI=1S/C28H34N4O3S/c1-5-7-8-18-35-23-14-12-22(13-15-23)27(33)31(16-17-32-21(4)19-20(3)30-32)28-29-26-24(34-6-2)10-9-11-25(26)36-28/h9-15,19H,5-8,16-18H2,1-4H3. The minimum atomic E-state index is -0.105. The van der Waals surface area contributed by atoms with Gasteiger partial charge in [-0.3, -0.25) is 14.4 Å². The van der Waals surface area contributed by atoms with Gasteiger partial charge in [-0.25, -0.2) is 4.98 Å². The first kappa shape index (κ1) is 25.7. The third-order valence-corrected chi connectivity index (χ3v) is 6.95. The molecule has 36 heavy (non-hydrogen) atoms. The van der Waals surface area contributed by atoms with Gasteiger partial charge in [0, 0.05) is 17.8 Å². The Hall–Kier alpha value is -3.39. The number of amides is 1.